The second-order valence-corrected chi connectivity index (χ2v) is 7.49. The van der Waals surface area contributed by atoms with Crippen LogP contribution >= 0.6 is 58.6 Å². The van der Waals surface area contributed by atoms with Gasteiger partial charge in [0.15, 0.2) is 10.9 Å². The molecule has 0 amide bonds. The first kappa shape index (κ1) is 20.2. The number of hydrogen-bond acceptors (Lipinski definition) is 2. The van der Waals surface area contributed by atoms with Gasteiger partial charge in [0.05, 0.1) is 17.3 Å². The van der Waals surface area contributed by atoms with Gasteiger partial charge in [-0.3, -0.25) is 4.68 Å². The Hall–Kier alpha value is -1.57. The van der Waals surface area contributed by atoms with E-state index in [4.69, 9.17) is 58.6 Å². The average Bonchev–Trinajstić information content (AvgIpc) is 2.93. The van der Waals surface area contributed by atoms with Crippen LogP contribution in [0.4, 0.5) is 15.9 Å². The predicted octanol–water partition coefficient (Wildman–Crippen LogP) is 6.49. The standard InChI is InChI=1S/C17H11Cl4FN4S/c18-9-4-5-15(12(20)6-9)23-17(27)24-16-13(21)8-26(25-16)7-10-11(19)2-1-3-14(10)22/h1-6,8H,7H2,(H2,23,24,25,27). The van der Waals surface area contributed by atoms with E-state index in [-0.39, 0.29) is 11.7 Å². The first-order chi connectivity index (χ1) is 12.8. The fourth-order valence-corrected chi connectivity index (χ4v) is 3.34. The van der Waals surface area contributed by atoms with Gasteiger partial charge in [0.1, 0.15) is 10.8 Å². The maximum Gasteiger partial charge on any atom is 0.176 e. The fourth-order valence-electron chi connectivity index (χ4n) is 2.26. The molecule has 27 heavy (non-hydrogen) atoms. The van der Waals surface area contributed by atoms with E-state index >= 15 is 0 Å². The Bertz CT molecular complexity index is 988. The Labute approximate surface area is 180 Å². The lowest BCUT2D eigenvalue weighted by atomic mass is 10.2. The molecule has 0 bridgehead atoms. The van der Waals surface area contributed by atoms with Crippen molar-refractivity contribution in [1.29, 1.82) is 0 Å². The molecule has 140 valence electrons. The van der Waals surface area contributed by atoms with Gasteiger partial charge in [-0.15, -0.1) is 0 Å². The maximum atomic E-state index is 13.9. The lowest BCUT2D eigenvalue weighted by molar-refractivity contribution is 0.586. The highest BCUT2D eigenvalue weighted by molar-refractivity contribution is 7.80. The number of benzene rings is 2. The van der Waals surface area contributed by atoms with Gasteiger partial charge < -0.3 is 10.6 Å². The molecule has 0 aliphatic rings. The second-order valence-electron chi connectivity index (χ2n) is 5.43. The first-order valence-corrected chi connectivity index (χ1v) is 9.44. The van der Waals surface area contributed by atoms with Crippen molar-refractivity contribution in [3.8, 4) is 0 Å². The zero-order valence-corrected chi connectivity index (χ0v) is 17.3. The normalized spacial score (nSPS) is 10.7. The van der Waals surface area contributed by atoms with Crippen LogP contribution < -0.4 is 10.6 Å². The monoisotopic (exact) mass is 462 g/mol. The lowest BCUT2D eigenvalue weighted by Crippen LogP contribution is -2.20. The van der Waals surface area contributed by atoms with E-state index in [1.54, 1.807) is 30.5 Å². The quantitative estimate of drug-likeness (QED) is 0.433. The predicted molar refractivity (Wildman–Crippen MR) is 114 cm³/mol. The zero-order valence-electron chi connectivity index (χ0n) is 13.4. The molecule has 2 aromatic carbocycles. The van der Waals surface area contributed by atoms with Gasteiger partial charge in [-0.1, -0.05) is 52.5 Å². The van der Waals surface area contributed by atoms with Crippen LogP contribution in [0.3, 0.4) is 0 Å². The van der Waals surface area contributed by atoms with Crippen LogP contribution in [0.2, 0.25) is 20.1 Å². The van der Waals surface area contributed by atoms with E-state index in [0.717, 1.165) is 0 Å². The minimum atomic E-state index is -0.418. The molecule has 0 aliphatic carbocycles. The fraction of sp³-hybridized carbons (Fsp3) is 0.0588. The molecule has 0 spiro atoms. The molecule has 4 nitrogen and oxygen atoms in total. The molecule has 3 rings (SSSR count). The number of anilines is 2. The van der Waals surface area contributed by atoms with Gasteiger partial charge in [0.2, 0.25) is 0 Å². The Kier molecular flexibility index (Phi) is 6.44. The van der Waals surface area contributed by atoms with Gasteiger partial charge in [-0.2, -0.15) is 5.10 Å². The molecule has 1 heterocycles. The number of thiocarbonyl (C=S) groups is 1. The summed E-state index contributed by atoms with van der Waals surface area (Å²) < 4.78 is 15.4. The van der Waals surface area contributed by atoms with Crippen LogP contribution in [0.15, 0.2) is 42.6 Å². The van der Waals surface area contributed by atoms with Crippen molar-refractivity contribution in [2.75, 3.05) is 10.6 Å². The molecule has 0 unspecified atom stereocenters. The molecule has 1 aromatic heterocycles. The molecular weight excluding hydrogens is 453 g/mol. The number of halogens is 5. The third-order valence-corrected chi connectivity index (χ3v) is 4.89. The molecule has 0 fully saturated rings. The van der Waals surface area contributed by atoms with E-state index in [1.165, 1.54) is 16.8 Å². The summed E-state index contributed by atoms with van der Waals surface area (Å²) in [7, 11) is 0. The van der Waals surface area contributed by atoms with Gasteiger partial charge in [0.25, 0.3) is 0 Å². The summed E-state index contributed by atoms with van der Waals surface area (Å²) in [5.41, 5.74) is 0.894. The van der Waals surface area contributed by atoms with Crippen molar-refractivity contribution in [2.24, 2.45) is 0 Å². The number of hydrogen-bond donors (Lipinski definition) is 2. The smallest absolute Gasteiger partial charge is 0.176 e. The molecule has 10 heteroatoms. The zero-order chi connectivity index (χ0) is 19.6. The van der Waals surface area contributed by atoms with Crippen LogP contribution in [0, 0.1) is 5.82 Å². The lowest BCUT2D eigenvalue weighted by Gasteiger charge is -2.10. The number of rotatable bonds is 4. The molecule has 0 saturated carbocycles. The maximum absolute atomic E-state index is 13.9. The van der Waals surface area contributed by atoms with E-state index in [9.17, 15) is 4.39 Å². The highest BCUT2D eigenvalue weighted by Crippen LogP contribution is 2.27. The number of nitrogens with zero attached hydrogens (tertiary/aromatic N) is 2. The van der Waals surface area contributed by atoms with Crippen LogP contribution in [-0.4, -0.2) is 14.9 Å². The van der Waals surface area contributed by atoms with E-state index in [2.05, 4.69) is 15.7 Å². The van der Waals surface area contributed by atoms with Crippen LogP contribution in [0.25, 0.3) is 0 Å². The first-order valence-electron chi connectivity index (χ1n) is 7.52. The van der Waals surface area contributed by atoms with Crippen molar-refractivity contribution in [3.05, 3.63) is 74.1 Å². The molecule has 0 aliphatic heterocycles. The Morgan fingerprint density at radius 3 is 2.52 bits per heavy atom. The van der Waals surface area contributed by atoms with E-state index < -0.39 is 5.82 Å². The molecular formula is C17H11Cl4FN4S. The Balaban J connectivity index is 1.72. The summed E-state index contributed by atoms with van der Waals surface area (Å²) in [6.07, 6.45) is 1.55. The molecule has 0 saturated heterocycles. The molecule has 3 aromatic rings. The third kappa shape index (κ3) is 5.03. The van der Waals surface area contributed by atoms with E-state index in [0.29, 0.717) is 37.2 Å². The molecule has 0 atom stereocenters. The highest BCUT2D eigenvalue weighted by Gasteiger charge is 2.13. The minimum absolute atomic E-state index is 0.121. The van der Waals surface area contributed by atoms with Crippen molar-refractivity contribution >= 4 is 75.2 Å². The van der Waals surface area contributed by atoms with Crippen LogP contribution in [0.5, 0.6) is 0 Å². The minimum Gasteiger partial charge on any atom is -0.331 e. The highest BCUT2D eigenvalue weighted by atomic mass is 35.5. The topological polar surface area (TPSA) is 41.9 Å². The van der Waals surface area contributed by atoms with Gasteiger partial charge in [-0.05, 0) is 42.5 Å². The largest absolute Gasteiger partial charge is 0.331 e. The Morgan fingerprint density at radius 2 is 1.81 bits per heavy atom. The van der Waals surface area contributed by atoms with Crippen molar-refractivity contribution in [1.82, 2.24) is 9.78 Å². The van der Waals surface area contributed by atoms with Gasteiger partial charge in [0, 0.05) is 21.8 Å². The van der Waals surface area contributed by atoms with Crippen LogP contribution in [0.1, 0.15) is 5.56 Å². The second kappa shape index (κ2) is 8.63. The van der Waals surface area contributed by atoms with E-state index in [1.807, 2.05) is 0 Å². The summed E-state index contributed by atoms with van der Waals surface area (Å²) in [5.74, 6) is -0.107. The number of aromatic nitrogens is 2. The SMILES string of the molecule is Fc1cccc(Cl)c1Cn1cc(Cl)c(NC(=S)Nc2ccc(Cl)cc2Cl)n1. The van der Waals surface area contributed by atoms with Crippen molar-refractivity contribution < 1.29 is 4.39 Å². The number of nitrogens with one attached hydrogen (secondary N) is 2. The third-order valence-electron chi connectivity index (χ3n) is 3.51. The summed E-state index contributed by atoms with van der Waals surface area (Å²) in [5, 5.41) is 11.9. The van der Waals surface area contributed by atoms with Gasteiger partial charge >= 0.3 is 0 Å². The summed E-state index contributed by atoms with van der Waals surface area (Å²) in [6, 6.07) is 9.45. The Morgan fingerprint density at radius 1 is 1.04 bits per heavy atom. The molecule has 2 N–H and O–H groups in total. The van der Waals surface area contributed by atoms with Crippen molar-refractivity contribution in [3.63, 3.8) is 0 Å². The summed E-state index contributed by atoms with van der Waals surface area (Å²) in [4.78, 5) is 0. The molecule has 0 radical (unpaired) electrons. The van der Waals surface area contributed by atoms with Gasteiger partial charge in [-0.25, -0.2) is 4.39 Å². The average molecular weight is 464 g/mol. The van der Waals surface area contributed by atoms with Crippen LogP contribution in [-0.2, 0) is 6.54 Å². The summed E-state index contributed by atoms with van der Waals surface area (Å²) in [6.45, 7) is 0.121. The van der Waals surface area contributed by atoms with Crippen molar-refractivity contribution in [2.45, 2.75) is 6.54 Å². The summed E-state index contributed by atoms with van der Waals surface area (Å²) >= 11 is 29.5.